The maximum Gasteiger partial charge on any atom is 0.0809 e. The summed E-state index contributed by atoms with van der Waals surface area (Å²) < 4.78 is 0. The predicted molar refractivity (Wildman–Crippen MR) is 117 cm³/mol. The molecule has 0 aliphatic heterocycles. The maximum atomic E-state index is 11.4. The van der Waals surface area contributed by atoms with Crippen molar-refractivity contribution in [3.63, 3.8) is 0 Å². The molecule has 4 aliphatic carbocycles. The van der Waals surface area contributed by atoms with Gasteiger partial charge >= 0.3 is 0 Å². The minimum Gasteiger partial charge on any atom is -0.388 e. The highest BCUT2D eigenvalue weighted by Gasteiger charge is 2.60. The number of aliphatic hydroxyl groups is 1. The van der Waals surface area contributed by atoms with Crippen molar-refractivity contribution in [3.05, 3.63) is 40.4 Å². The van der Waals surface area contributed by atoms with E-state index in [1.807, 2.05) is 18.2 Å². The van der Waals surface area contributed by atoms with Crippen LogP contribution in [-0.4, -0.2) is 11.2 Å². The Kier molecular flexibility index (Phi) is 4.71. The molecule has 0 saturated heterocycles. The molecule has 0 aromatic heterocycles. The van der Waals surface area contributed by atoms with Crippen molar-refractivity contribution in [2.45, 2.75) is 77.7 Å². The van der Waals surface area contributed by atoms with Crippen LogP contribution in [0.5, 0.6) is 0 Å². The number of hydrogen-bond donors (Lipinski definition) is 1. The van der Waals surface area contributed by atoms with Crippen molar-refractivity contribution in [1.29, 1.82) is 0 Å². The number of halogens is 1. The molecular formula is C26H35ClO. The normalized spacial score (nSPS) is 46.7. The van der Waals surface area contributed by atoms with Crippen LogP contribution in [0.2, 0.25) is 5.02 Å². The van der Waals surface area contributed by atoms with E-state index in [0.717, 1.165) is 34.8 Å². The van der Waals surface area contributed by atoms with Crippen LogP contribution in [0.15, 0.2) is 29.8 Å². The van der Waals surface area contributed by atoms with Crippen LogP contribution in [-0.2, 0) is 0 Å². The van der Waals surface area contributed by atoms with E-state index in [9.17, 15) is 5.11 Å². The van der Waals surface area contributed by atoms with Crippen LogP contribution in [0.4, 0.5) is 0 Å². The minimum absolute atomic E-state index is 0.0477. The molecule has 0 bridgehead atoms. The second-order valence-corrected chi connectivity index (χ2v) is 11.2. The van der Waals surface area contributed by atoms with Crippen molar-refractivity contribution in [2.24, 2.45) is 34.5 Å². The predicted octanol–water partition coefficient (Wildman–Crippen LogP) is 7.13. The lowest BCUT2D eigenvalue weighted by Gasteiger charge is -2.60. The zero-order valence-corrected chi connectivity index (χ0v) is 18.2. The SMILES string of the molecule is CC12CCCCC1CCC1C2CCC2(C)C(O)/C(=C/c3ccccc3Cl)CC12. The van der Waals surface area contributed by atoms with E-state index < -0.39 is 0 Å². The Hall–Kier alpha value is -0.790. The van der Waals surface area contributed by atoms with E-state index in [1.54, 1.807) is 0 Å². The Balaban J connectivity index is 1.47. The molecule has 1 nitrogen and oxygen atoms in total. The largest absolute Gasteiger partial charge is 0.388 e. The molecule has 152 valence electrons. The van der Waals surface area contributed by atoms with E-state index in [1.165, 1.54) is 56.9 Å². The molecule has 0 heterocycles. The van der Waals surface area contributed by atoms with Crippen molar-refractivity contribution < 1.29 is 5.11 Å². The molecule has 2 heteroatoms. The number of aliphatic hydroxyl groups excluding tert-OH is 1. The van der Waals surface area contributed by atoms with Gasteiger partial charge in [0.2, 0.25) is 0 Å². The summed E-state index contributed by atoms with van der Waals surface area (Å²) in [5.74, 6) is 3.26. The van der Waals surface area contributed by atoms with Crippen molar-refractivity contribution in [1.82, 2.24) is 0 Å². The van der Waals surface area contributed by atoms with Gasteiger partial charge in [-0.25, -0.2) is 0 Å². The lowest BCUT2D eigenvalue weighted by Crippen LogP contribution is -2.53. The van der Waals surface area contributed by atoms with Crippen LogP contribution in [0.3, 0.4) is 0 Å². The minimum atomic E-state index is -0.313. The Labute approximate surface area is 175 Å². The Morgan fingerprint density at radius 2 is 1.79 bits per heavy atom. The topological polar surface area (TPSA) is 20.2 Å². The molecule has 4 saturated carbocycles. The fraction of sp³-hybridized carbons (Fsp3) is 0.692. The van der Waals surface area contributed by atoms with Crippen LogP contribution >= 0.6 is 11.6 Å². The summed E-state index contributed by atoms with van der Waals surface area (Å²) >= 11 is 6.42. The quantitative estimate of drug-likeness (QED) is 0.533. The summed E-state index contributed by atoms with van der Waals surface area (Å²) in [6.45, 7) is 5.00. The third-order valence-electron chi connectivity index (χ3n) is 9.70. The van der Waals surface area contributed by atoms with Gasteiger partial charge < -0.3 is 5.11 Å². The first kappa shape index (κ1) is 19.2. The van der Waals surface area contributed by atoms with Crippen LogP contribution < -0.4 is 0 Å². The number of hydrogen-bond acceptors (Lipinski definition) is 1. The van der Waals surface area contributed by atoms with Crippen LogP contribution in [0.25, 0.3) is 6.08 Å². The first-order valence-electron chi connectivity index (χ1n) is 11.6. The molecule has 0 spiro atoms. The highest BCUT2D eigenvalue weighted by Crippen LogP contribution is 2.67. The zero-order valence-electron chi connectivity index (χ0n) is 17.5. The summed E-state index contributed by atoms with van der Waals surface area (Å²) in [6.07, 6.45) is 14.0. The molecule has 0 amide bonds. The maximum absolute atomic E-state index is 11.4. The number of benzene rings is 1. The third kappa shape index (κ3) is 2.76. The van der Waals surface area contributed by atoms with Gasteiger partial charge in [0.25, 0.3) is 0 Å². The van der Waals surface area contributed by atoms with E-state index >= 15 is 0 Å². The van der Waals surface area contributed by atoms with Crippen LogP contribution in [0, 0.1) is 34.5 Å². The molecule has 1 aromatic rings. The standard InChI is InChI=1S/C26H35ClO/c1-25-13-6-5-8-19(25)10-11-20-21(25)12-14-26(2)22(20)16-18(24(26)28)15-17-7-3-4-9-23(17)27/h3-4,7,9,15,19-22,24,28H,5-6,8,10-14,16H2,1-2H3/b18-15+. The molecule has 5 rings (SSSR count). The molecular weight excluding hydrogens is 364 g/mol. The van der Waals surface area contributed by atoms with E-state index in [-0.39, 0.29) is 11.5 Å². The zero-order chi connectivity index (χ0) is 19.5. The second-order valence-electron chi connectivity index (χ2n) is 10.8. The fourth-order valence-electron chi connectivity index (χ4n) is 8.09. The van der Waals surface area contributed by atoms with E-state index in [2.05, 4.69) is 26.0 Å². The summed E-state index contributed by atoms with van der Waals surface area (Å²) in [7, 11) is 0. The average molecular weight is 399 g/mol. The highest BCUT2D eigenvalue weighted by atomic mass is 35.5. The number of fused-ring (bicyclic) bond motifs is 5. The summed E-state index contributed by atoms with van der Waals surface area (Å²) in [6, 6.07) is 8.04. The third-order valence-corrected chi connectivity index (χ3v) is 10.0. The first-order valence-corrected chi connectivity index (χ1v) is 11.9. The summed E-state index contributed by atoms with van der Waals surface area (Å²) in [5.41, 5.74) is 2.88. The van der Waals surface area contributed by atoms with Gasteiger partial charge in [-0.2, -0.15) is 0 Å². The van der Waals surface area contributed by atoms with Crippen molar-refractivity contribution in [3.8, 4) is 0 Å². The Morgan fingerprint density at radius 1 is 0.964 bits per heavy atom. The van der Waals surface area contributed by atoms with Crippen molar-refractivity contribution >= 4 is 17.7 Å². The molecule has 0 radical (unpaired) electrons. The Morgan fingerprint density at radius 3 is 2.61 bits per heavy atom. The molecule has 28 heavy (non-hydrogen) atoms. The van der Waals surface area contributed by atoms with E-state index in [4.69, 9.17) is 11.6 Å². The van der Waals surface area contributed by atoms with Gasteiger partial charge in [-0.3, -0.25) is 0 Å². The smallest absolute Gasteiger partial charge is 0.0809 e. The summed E-state index contributed by atoms with van der Waals surface area (Å²) in [5, 5.41) is 12.2. The molecule has 7 unspecified atom stereocenters. The Bertz CT molecular complexity index is 784. The second kappa shape index (κ2) is 6.88. The highest BCUT2D eigenvalue weighted by molar-refractivity contribution is 6.32. The lowest BCUT2D eigenvalue weighted by molar-refractivity contribution is -0.119. The van der Waals surface area contributed by atoms with Crippen molar-refractivity contribution in [2.75, 3.05) is 0 Å². The van der Waals surface area contributed by atoms with E-state index in [0.29, 0.717) is 11.3 Å². The average Bonchev–Trinajstić information content (AvgIpc) is 2.94. The first-order chi connectivity index (χ1) is 13.4. The molecule has 4 aliphatic rings. The van der Waals surface area contributed by atoms with Gasteiger partial charge in [-0.15, -0.1) is 0 Å². The van der Waals surface area contributed by atoms with Gasteiger partial charge in [-0.1, -0.05) is 62.6 Å². The lowest BCUT2D eigenvalue weighted by atomic mass is 9.45. The fourth-order valence-corrected chi connectivity index (χ4v) is 8.28. The van der Waals surface area contributed by atoms with Gasteiger partial charge in [0.15, 0.2) is 0 Å². The van der Waals surface area contributed by atoms with Gasteiger partial charge in [0.05, 0.1) is 6.10 Å². The number of rotatable bonds is 1. The monoisotopic (exact) mass is 398 g/mol. The molecule has 1 aromatic carbocycles. The molecule has 4 fully saturated rings. The van der Waals surface area contributed by atoms with Gasteiger partial charge in [0.1, 0.15) is 0 Å². The molecule has 1 N–H and O–H groups in total. The van der Waals surface area contributed by atoms with Gasteiger partial charge in [-0.05, 0) is 91.2 Å². The molecule has 7 atom stereocenters. The van der Waals surface area contributed by atoms with Crippen LogP contribution in [0.1, 0.15) is 77.2 Å². The summed E-state index contributed by atoms with van der Waals surface area (Å²) in [4.78, 5) is 0. The van der Waals surface area contributed by atoms with Gasteiger partial charge in [0, 0.05) is 10.4 Å².